The van der Waals surface area contributed by atoms with Crippen LogP contribution in [0, 0.1) is 0 Å². The molecule has 1 nitrogen and oxygen atoms in total. The van der Waals surface area contributed by atoms with E-state index < -0.39 is 0 Å². The molecule has 0 heterocycles. The molecule has 270 valence electrons. The van der Waals surface area contributed by atoms with Gasteiger partial charge in [-0.05, 0) is 127 Å². The van der Waals surface area contributed by atoms with Crippen molar-refractivity contribution >= 4 is 72.9 Å². The molecular weight excluding hydrogens is 677 g/mol. The van der Waals surface area contributed by atoms with Crippen molar-refractivity contribution in [3.8, 4) is 0 Å². The Morgan fingerprint density at radius 3 is 0.607 bits per heavy atom. The number of hydrogen-bond acceptors (Lipinski definition) is 1. The third-order valence-electron chi connectivity index (χ3n) is 9.23. The predicted octanol–water partition coefficient (Wildman–Crippen LogP) is 14.2. The molecule has 0 atom stereocenters. The van der Waals surface area contributed by atoms with Gasteiger partial charge >= 0.3 is 0 Å². The fourth-order valence-corrected chi connectivity index (χ4v) is 6.42. The lowest BCUT2D eigenvalue weighted by atomic mass is 10.00. The Labute approximate surface area is 331 Å². The van der Waals surface area contributed by atoms with Crippen LogP contribution in [0.15, 0.2) is 176 Å². The number of benzene rings is 7. The van der Waals surface area contributed by atoms with Gasteiger partial charge in [0.25, 0.3) is 0 Å². The highest BCUT2D eigenvalue weighted by Gasteiger charge is 2.02. The second-order valence-corrected chi connectivity index (χ2v) is 13.7. The molecule has 0 amide bonds. The summed E-state index contributed by atoms with van der Waals surface area (Å²) in [7, 11) is 0. The van der Waals surface area contributed by atoms with Crippen LogP contribution in [0.5, 0.6) is 0 Å². The van der Waals surface area contributed by atoms with E-state index in [2.05, 4.69) is 212 Å². The first-order valence-corrected chi connectivity index (χ1v) is 19.0. The Morgan fingerprint density at radius 2 is 0.411 bits per heavy atom. The molecule has 0 radical (unpaired) electrons. The first kappa shape index (κ1) is 37.3. The van der Waals surface area contributed by atoms with Gasteiger partial charge in [0.1, 0.15) is 0 Å². The molecule has 0 aromatic heterocycles. The standard InChI is InChI=1S/C55H44O/c56-42-55-40-53(31-29-51-35-47(25-21-43-13-5-1-6-14-43)33-48(36-51)26-22-44-15-7-2-8-16-44)39-54(41-55)32-30-52-37-49(27-23-45-17-9-3-10-18-45)34-50(38-52)28-24-46-19-11-4-12-20-46/h1-41,56H,42H2/b25-21+,26-22+,27-23+,28-24+,31-29+,32-30+. The van der Waals surface area contributed by atoms with Gasteiger partial charge in [-0.1, -0.05) is 194 Å². The van der Waals surface area contributed by atoms with Gasteiger partial charge in [-0.15, -0.1) is 0 Å². The Bertz CT molecular complexity index is 2210. The molecule has 7 aromatic rings. The van der Waals surface area contributed by atoms with E-state index in [1.54, 1.807) is 0 Å². The van der Waals surface area contributed by atoms with Gasteiger partial charge in [0.05, 0.1) is 6.61 Å². The van der Waals surface area contributed by atoms with Crippen LogP contribution >= 0.6 is 0 Å². The summed E-state index contributed by atoms with van der Waals surface area (Å²) < 4.78 is 0. The van der Waals surface area contributed by atoms with Crippen molar-refractivity contribution in [3.05, 3.63) is 248 Å². The smallest absolute Gasteiger partial charge is 0.0682 e. The minimum atomic E-state index is -0.0368. The average Bonchev–Trinajstić information content (AvgIpc) is 3.26. The van der Waals surface area contributed by atoms with Crippen LogP contribution in [0.3, 0.4) is 0 Å². The third-order valence-corrected chi connectivity index (χ3v) is 9.23. The second kappa shape index (κ2) is 19.3. The molecule has 0 fully saturated rings. The SMILES string of the molecule is OCc1cc(/C=C/c2cc(/C=C/c3ccccc3)cc(/C=C/c3ccccc3)c2)cc(/C=C/c2cc(/C=C/c3ccccc3)cc(/C=C/c3ccccc3)c2)c1. The topological polar surface area (TPSA) is 20.2 Å². The van der Waals surface area contributed by atoms with E-state index in [0.29, 0.717) is 0 Å². The molecule has 1 heteroatoms. The maximum absolute atomic E-state index is 10.2. The second-order valence-electron chi connectivity index (χ2n) is 13.7. The Morgan fingerprint density at radius 1 is 0.232 bits per heavy atom. The van der Waals surface area contributed by atoms with Crippen LogP contribution in [0.4, 0.5) is 0 Å². The first-order valence-electron chi connectivity index (χ1n) is 19.0. The maximum atomic E-state index is 10.2. The van der Waals surface area contributed by atoms with E-state index in [1.165, 1.54) is 0 Å². The molecule has 7 aromatic carbocycles. The van der Waals surface area contributed by atoms with E-state index >= 15 is 0 Å². The number of hydrogen-bond donors (Lipinski definition) is 1. The van der Waals surface area contributed by atoms with E-state index in [-0.39, 0.29) is 6.61 Å². The Hall–Kier alpha value is -7.06. The van der Waals surface area contributed by atoms with Crippen molar-refractivity contribution in [2.75, 3.05) is 0 Å². The van der Waals surface area contributed by atoms with E-state index in [1.807, 2.05) is 36.4 Å². The minimum absolute atomic E-state index is 0.0368. The van der Waals surface area contributed by atoms with Crippen molar-refractivity contribution in [3.63, 3.8) is 0 Å². The maximum Gasteiger partial charge on any atom is 0.0682 e. The summed E-state index contributed by atoms with van der Waals surface area (Å²) in [6.45, 7) is -0.0368. The van der Waals surface area contributed by atoms with Gasteiger partial charge < -0.3 is 5.11 Å². The lowest BCUT2D eigenvalue weighted by Crippen LogP contribution is -1.87. The molecule has 0 saturated carbocycles. The summed E-state index contributed by atoms with van der Waals surface area (Å²) in [5.41, 5.74) is 14.2. The summed E-state index contributed by atoms with van der Waals surface area (Å²) in [6.07, 6.45) is 25.8. The summed E-state index contributed by atoms with van der Waals surface area (Å²) in [6, 6.07) is 61.0. The molecular formula is C55H44O. The summed E-state index contributed by atoms with van der Waals surface area (Å²) >= 11 is 0. The monoisotopic (exact) mass is 720 g/mol. The van der Waals surface area contributed by atoms with Crippen LogP contribution in [0.2, 0.25) is 0 Å². The third kappa shape index (κ3) is 11.5. The van der Waals surface area contributed by atoms with Gasteiger partial charge in [0, 0.05) is 0 Å². The van der Waals surface area contributed by atoms with Crippen molar-refractivity contribution in [2.24, 2.45) is 0 Å². The fourth-order valence-electron chi connectivity index (χ4n) is 6.42. The summed E-state index contributed by atoms with van der Waals surface area (Å²) in [4.78, 5) is 0. The van der Waals surface area contributed by atoms with E-state index in [4.69, 9.17) is 0 Å². The zero-order valence-electron chi connectivity index (χ0n) is 31.3. The zero-order valence-corrected chi connectivity index (χ0v) is 31.3. The van der Waals surface area contributed by atoms with Gasteiger partial charge in [-0.2, -0.15) is 0 Å². The molecule has 0 saturated heterocycles. The molecule has 0 aliphatic carbocycles. The van der Waals surface area contributed by atoms with Crippen LogP contribution in [-0.2, 0) is 6.61 Å². The van der Waals surface area contributed by atoms with Gasteiger partial charge in [-0.25, -0.2) is 0 Å². The molecule has 0 aliphatic rings. The molecule has 1 N–H and O–H groups in total. The van der Waals surface area contributed by atoms with Crippen molar-refractivity contribution in [1.29, 1.82) is 0 Å². The van der Waals surface area contributed by atoms with E-state index in [0.717, 1.165) is 72.3 Å². The zero-order chi connectivity index (χ0) is 38.2. The van der Waals surface area contributed by atoms with Crippen molar-refractivity contribution in [2.45, 2.75) is 6.61 Å². The lowest BCUT2D eigenvalue weighted by molar-refractivity contribution is 0.282. The van der Waals surface area contributed by atoms with Crippen LogP contribution in [0.25, 0.3) is 72.9 Å². The summed E-state index contributed by atoms with van der Waals surface area (Å²) in [5.74, 6) is 0. The molecule has 0 spiro atoms. The quantitative estimate of drug-likeness (QED) is 0.118. The molecule has 0 bridgehead atoms. The van der Waals surface area contributed by atoms with Crippen LogP contribution < -0.4 is 0 Å². The predicted molar refractivity (Wildman–Crippen MR) is 245 cm³/mol. The van der Waals surface area contributed by atoms with Gasteiger partial charge in [0.2, 0.25) is 0 Å². The molecule has 56 heavy (non-hydrogen) atoms. The number of rotatable bonds is 13. The van der Waals surface area contributed by atoms with Crippen molar-refractivity contribution < 1.29 is 5.11 Å². The van der Waals surface area contributed by atoms with Gasteiger partial charge in [-0.3, -0.25) is 0 Å². The molecule has 7 rings (SSSR count). The van der Waals surface area contributed by atoms with E-state index in [9.17, 15) is 5.11 Å². The average molecular weight is 721 g/mol. The Balaban J connectivity index is 1.17. The van der Waals surface area contributed by atoms with Crippen molar-refractivity contribution in [1.82, 2.24) is 0 Å². The van der Waals surface area contributed by atoms with Crippen LogP contribution in [0.1, 0.15) is 72.3 Å². The normalized spacial score (nSPS) is 12.0. The minimum Gasteiger partial charge on any atom is -0.392 e. The Kier molecular flexibility index (Phi) is 12.9. The molecule has 0 aliphatic heterocycles. The number of aliphatic hydroxyl groups excluding tert-OH is 1. The molecule has 0 unspecified atom stereocenters. The number of aliphatic hydroxyl groups is 1. The first-order chi connectivity index (χ1) is 27.6. The van der Waals surface area contributed by atoms with Gasteiger partial charge in [0.15, 0.2) is 0 Å². The highest BCUT2D eigenvalue weighted by atomic mass is 16.3. The fraction of sp³-hybridized carbons (Fsp3) is 0.0182. The summed E-state index contributed by atoms with van der Waals surface area (Å²) in [5, 5.41) is 10.2. The largest absolute Gasteiger partial charge is 0.392 e. The van der Waals surface area contributed by atoms with Crippen LogP contribution in [-0.4, -0.2) is 5.11 Å². The highest BCUT2D eigenvalue weighted by Crippen LogP contribution is 2.23. The lowest BCUT2D eigenvalue weighted by Gasteiger charge is -2.06. The highest BCUT2D eigenvalue weighted by molar-refractivity contribution is 5.81.